The molecule has 9 aromatic rings. The molecule has 9 rings (SSSR count). The van der Waals surface area contributed by atoms with Crippen molar-refractivity contribution in [2.75, 3.05) is 0 Å². The molecule has 15 heteroatoms. The van der Waals surface area contributed by atoms with Gasteiger partial charge in [0.25, 0.3) is 0 Å². The number of rotatable bonds is 6. The van der Waals surface area contributed by atoms with Crippen LogP contribution in [0, 0.1) is 0 Å². The minimum Gasteiger partial charge on any atom is -0.208 e. The van der Waals surface area contributed by atoms with E-state index in [1.54, 1.807) is 0 Å². The third-order valence-corrected chi connectivity index (χ3v) is 12.1. The number of aromatic nitrogens is 3. The predicted octanol–water partition coefficient (Wildman–Crippen LogP) is -1.03. The molecule has 0 aliphatic carbocycles. The van der Waals surface area contributed by atoms with Crippen molar-refractivity contribution in [2.45, 2.75) is 0 Å². The van der Waals surface area contributed by atoms with Gasteiger partial charge in [-0.3, -0.25) is 0 Å². The zero-order valence-electron chi connectivity index (χ0n) is 32.0. The van der Waals surface area contributed by atoms with Gasteiger partial charge in [0.2, 0.25) is 0 Å². The maximum atomic E-state index is 7.09. The van der Waals surface area contributed by atoms with Crippen LogP contribution in [-0.4, -0.2) is 101 Å². The molecule has 0 spiro atoms. The van der Waals surface area contributed by atoms with Gasteiger partial charge < -0.3 is 0 Å². The van der Waals surface area contributed by atoms with Gasteiger partial charge in [-0.05, 0) is 38.8 Å². The Labute approximate surface area is 367 Å². The lowest BCUT2D eigenvalue weighted by Crippen LogP contribution is -2.55. The Morgan fingerprint density at radius 2 is 0.617 bits per heavy atom. The molecular formula is C45H18B11N3S. The maximum Gasteiger partial charge on any atom is 0.164 e. The molecular weight excluding hydrogens is 734 g/mol. The summed E-state index contributed by atoms with van der Waals surface area (Å²) < 4.78 is 1.05. The second-order valence-electron chi connectivity index (χ2n) is 14.4. The zero-order valence-corrected chi connectivity index (χ0v) is 32.8. The van der Waals surface area contributed by atoms with Gasteiger partial charge in [0.1, 0.15) is 86.3 Å². The van der Waals surface area contributed by atoms with Gasteiger partial charge in [-0.15, -0.1) is 38.7 Å². The highest BCUT2D eigenvalue weighted by Crippen LogP contribution is 2.41. The summed E-state index contributed by atoms with van der Waals surface area (Å²) in [7, 11) is 72.7. The molecule has 0 saturated heterocycles. The van der Waals surface area contributed by atoms with Crippen molar-refractivity contribution in [3.05, 3.63) is 109 Å². The Bertz CT molecular complexity index is 3170. The zero-order chi connectivity index (χ0) is 42.1. The second-order valence-corrected chi connectivity index (χ2v) is 15.4. The summed E-state index contributed by atoms with van der Waals surface area (Å²) >= 11 is 1.26. The quantitative estimate of drug-likeness (QED) is 0.205. The van der Waals surface area contributed by atoms with E-state index in [2.05, 4.69) is 36.4 Å². The molecule has 0 aliphatic rings. The molecule has 0 N–H and O–H groups in total. The first kappa shape index (κ1) is 39.9. The fourth-order valence-electron chi connectivity index (χ4n) is 7.60. The normalized spacial score (nSPS) is 11.4. The lowest BCUT2D eigenvalue weighted by molar-refractivity contribution is 1.08. The summed E-state index contributed by atoms with van der Waals surface area (Å²) in [5, 5.41) is 0.903. The molecule has 7 aromatic carbocycles. The number of hydrogen-bond acceptors (Lipinski definition) is 4. The summed E-state index contributed by atoms with van der Waals surface area (Å²) in [6.07, 6.45) is 0. The van der Waals surface area contributed by atoms with Crippen molar-refractivity contribution < 1.29 is 0 Å². The molecule has 60 heavy (non-hydrogen) atoms. The molecule has 0 atom stereocenters. The summed E-state index contributed by atoms with van der Waals surface area (Å²) in [5.41, 5.74) is 7.65. The van der Waals surface area contributed by atoms with E-state index in [-0.39, 0.29) is 71.5 Å². The van der Waals surface area contributed by atoms with Crippen molar-refractivity contribution in [1.82, 2.24) is 15.0 Å². The summed E-state index contributed by atoms with van der Waals surface area (Å²) in [4.78, 5) is 15.0. The summed E-state index contributed by atoms with van der Waals surface area (Å²) in [5.74, 6) is 1.01. The molecule has 0 aliphatic heterocycles. The van der Waals surface area contributed by atoms with Crippen LogP contribution in [0.1, 0.15) is 0 Å². The minimum atomic E-state index is 0.0208. The molecule has 0 unspecified atom stereocenters. The molecule has 0 amide bonds. The summed E-state index contributed by atoms with van der Waals surface area (Å²) in [6, 6.07) is 36.2. The minimum absolute atomic E-state index is 0.0208. The van der Waals surface area contributed by atoms with Crippen LogP contribution in [-0.2, 0) is 0 Å². The van der Waals surface area contributed by atoms with E-state index in [4.69, 9.17) is 101 Å². The van der Waals surface area contributed by atoms with Crippen LogP contribution in [0.3, 0.4) is 0 Å². The molecule has 252 valence electrons. The van der Waals surface area contributed by atoms with E-state index in [1.807, 2.05) is 72.8 Å². The number of nitrogens with zero attached hydrogens (tertiary/aromatic N) is 3. The summed E-state index contributed by atoms with van der Waals surface area (Å²) in [6.45, 7) is 0. The molecule has 0 bridgehead atoms. The van der Waals surface area contributed by atoms with Gasteiger partial charge in [-0.2, -0.15) is 0 Å². The fourth-order valence-corrected chi connectivity index (χ4v) is 8.94. The number of fused-ring (bicyclic) bond motifs is 3. The van der Waals surface area contributed by atoms with Gasteiger partial charge >= 0.3 is 0 Å². The van der Waals surface area contributed by atoms with Gasteiger partial charge in [-0.1, -0.05) is 142 Å². The molecule has 2 aromatic heterocycles. The van der Waals surface area contributed by atoms with Crippen LogP contribution in [0.25, 0.3) is 87.7 Å². The van der Waals surface area contributed by atoms with E-state index < -0.39 is 0 Å². The van der Waals surface area contributed by atoms with Crippen molar-refractivity contribution in [2.24, 2.45) is 0 Å². The number of thiophene rings is 1. The first-order valence-electron chi connectivity index (χ1n) is 18.6. The molecule has 0 saturated carbocycles. The van der Waals surface area contributed by atoms with E-state index in [1.165, 1.54) is 11.3 Å². The Kier molecular flexibility index (Phi) is 10.3. The van der Waals surface area contributed by atoms with Crippen LogP contribution in [0.15, 0.2) is 109 Å². The van der Waals surface area contributed by atoms with Crippen LogP contribution in [0.2, 0.25) is 0 Å². The SMILES string of the molecule is [B]c1c([B])c([B])c(-c2c([B])c([B])c(-c3nc(-c4ccccc4)nc(-c4ccc(-c5ccc(-c6ccccc6)cc5)cc4)n3)c3sc4c([B])c([B])c([B])c([B])c4c23)c([B])c1[B]. The van der Waals surface area contributed by atoms with Gasteiger partial charge in [0, 0.05) is 31.5 Å². The lowest BCUT2D eigenvalue weighted by atomic mass is 9.58. The fraction of sp³-hybridized carbons (Fsp3) is 0. The topological polar surface area (TPSA) is 38.7 Å². The first-order chi connectivity index (χ1) is 28.8. The highest BCUT2D eigenvalue weighted by molar-refractivity contribution is 7.28. The number of hydrogen-bond donors (Lipinski definition) is 0. The first-order valence-corrected chi connectivity index (χ1v) is 19.5. The average Bonchev–Trinajstić information content (AvgIpc) is 3.68. The average molecular weight is 752 g/mol. The van der Waals surface area contributed by atoms with Crippen molar-refractivity contribution in [3.63, 3.8) is 0 Å². The molecule has 0 fully saturated rings. The van der Waals surface area contributed by atoms with E-state index in [0.717, 1.165) is 33.4 Å². The smallest absolute Gasteiger partial charge is 0.164 e. The van der Waals surface area contributed by atoms with Gasteiger partial charge in [-0.25, -0.2) is 15.0 Å². The van der Waals surface area contributed by atoms with Gasteiger partial charge in [0.15, 0.2) is 17.5 Å². The second kappa shape index (κ2) is 15.5. The Balaban J connectivity index is 1.29. The van der Waals surface area contributed by atoms with Gasteiger partial charge in [0.05, 0.1) is 0 Å². The standard InChI is InChI=1S/C45H18B11N3S/c46-30-25(27-31(47)35(51)38(54)36(52)32(27)48)26-28-33(49)37(53)39(55)40(56)42(28)60-41(26)29(34(30)50)45-58-43(23-9-5-2-6-10-23)57-44(59-45)24-17-15-22(16-18-24)21-13-11-20(12-14-21)19-7-3-1-4-8-19/h1-18H. The van der Waals surface area contributed by atoms with Crippen LogP contribution in [0.5, 0.6) is 0 Å². The Morgan fingerprint density at radius 1 is 0.267 bits per heavy atom. The van der Waals surface area contributed by atoms with Crippen LogP contribution < -0.4 is 60.1 Å². The van der Waals surface area contributed by atoms with Crippen molar-refractivity contribution >= 4 is 178 Å². The maximum absolute atomic E-state index is 7.09. The Hall–Kier alpha value is -5.52. The largest absolute Gasteiger partial charge is 0.208 e. The van der Waals surface area contributed by atoms with Crippen LogP contribution in [0.4, 0.5) is 0 Å². The molecule has 3 nitrogen and oxygen atoms in total. The number of benzene rings is 7. The highest BCUT2D eigenvalue weighted by atomic mass is 32.1. The highest BCUT2D eigenvalue weighted by Gasteiger charge is 2.27. The predicted molar refractivity (Wildman–Crippen MR) is 265 cm³/mol. The van der Waals surface area contributed by atoms with Crippen LogP contribution >= 0.6 is 11.3 Å². The van der Waals surface area contributed by atoms with E-state index in [9.17, 15) is 0 Å². The lowest BCUT2D eigenvalue weighted by Gasteiger charge is -2.26. The van der Waals surface area contributed by atoms with Crippen molar-refractivity contribution in [3.8, 4) is 67.5 Å². The van der Waals surface area contributed by atoms with Crippen molar-refractivity contribution in [1.29, 1.82) is 0 Å². The van der Waals surface area contributed by atoms with E-state index >= 15 is 0 Å². The third-order valence-electron chi connectivity index (χ3n) is 10.9. The molecule has 22 radical (unpaired) electrons. The molecule has 2 heterocycles. The Morgan fingerprint density at radius 3 is 1.13 bits per heavy atom. The third kappa shape index (κ3) is 6.48. The van der Waals surface area contributed by atoms with E-state index in [0.29, 0.717) is 42.9 Å². The monoisotopic (exact) mass is 753 g/mol.